The van der Waals surface area contributed by atoms with Crippen molar-refractivity contribution in [1.29, 1.82) is 0 Å². The number of hydrogen-bond acceptors (Lipinski definition) is 2. The number of allylic oxidation sites excluding steroid dienone is 4. The average molecular weight is 539 g/mol. The third-order valence-electron chi connectivity index (χ3n) is 7.37. The summed E-state index contributed by atoms with van der Waals surface area (Å²) < 4.78 is 11.5. The molecule has 0 saturated carbocycles. The molecule has 0 heterocycles. The van der Waals surface area contributed by atoms with Crippen molar-refractivity contribution in [2.75, 3.05) is 14.2 Å². The van der Waals surface area contributed by atoms with Crippen LogP contribution in [0.3, 0.4) is 0 Å². The normalized spacial score (nSPS) is 16.9. The predicted molar refractivity (Wildman–Crippen MR) is 168 cm³/mol. The van der Waals surface area contributed by atoms with Gasteiger partial charge in [0.05, 0.1) is 14.2 Å². The molecular formula is C33H48O2P2. The molecule has 0 fully saturated rings. The fraction of sp³-hybridized carbons (Fsp3) is 0.515. The van der Waals surface area contributed by atoms with Gasteiger partial charge in [0.15, 0.2) is 0 Å². The SMILES string of the molecule is COc1c(C)cc(P(C2=CC=CC2[C@@H](C)P(C(C)(C)C)C(C)(C)C)c2cc(C)c(OC)c(C)c2)cc1C. The van der Waals surface area contributed by atoms with Crippen LogP contribution in [-0.2, 0) is 0 Å². The van der Waals surface area contributed by atoms with Crippen LogP contribution in [0.25, 0.3) is 0 Å². The fourth-order valence-corrected chi connectivity index (χ4v) is 14.9. The molecule has 0 bridgehead atoms. The minimum Gasteiger partial charge on any atom is -0.496 e. The van der Waals surface area contributed by atoms with E-state index < -0.39 is 7.92 Å². The Kier molecular flexibility index (Phi) is 9.09. The second-order valence-corrected chi connectivity index (χ2v) is 19.0. The highest BCUT2D eigenvalue weighted by Gasteiger charge is 2.43. The van der Waals surface area contributed by atoms with E-state index in [9.17, 15) is 0 Å². The van der Waals surface area contributed by atoms with Gasteiger partial charge in [0.2, 0.25) is 0 Å². The summed E-state index contributed by atoms with van der Waals surface area (Å²) in [5.41, 5.74) is 5.39. The van der Waals surface area contributed by atoms with E-state index in [1.165, 1.54) is 32.9 Å². The first-order valence-electron chi connectivity index (χ1n) is 13.4. The zero-order valence-electron chi connectivity index (χ0n) is 25.4. The van der Waals surface area contributed by atoms with Crippen molar-refractivity contribution in [3.63, 3.8) is 0 Å². The number of hydrogen-bond donors (Lipinski definition) is 0. The Morgan fingerprint density at radius 2 is 1.08 bits per heavy atom. The molecule has 1 unspecified atom stereocenters. The van der Waals surface area contributed by atoms with Crippen molar-refractivity contribution >= 4 is 26.5 Å². The number of benzene rings is 2. The Morgan fingerprint density at radius 1 is 0.703 bits per heavy atom. The molecule has 0 spiro atoms. The van der Waals surface area contributed by atoms with Gasteiger partial charge in [0.25, 0.3) is 0 Å². The van der Waals surface area contributed by atoms with Gasteiger partial charge in [0, 0.05) is 5.92 Å². The maximum atomic E-state index is 5.74. The number of ether oxygens (including phenoxy) is 2. The Bertz CT molecular complexity index is 1070. The smallest absolute Gasteiger partial charge is 0.124 e. The molecule has 1 aliphatic rings. The van der Waals surface area contributed by atoms with E-state index in [0.717, 1.165) is 11.5 Å². The standard InChI is InChI=1S/C33H48O2P2/c1-21-17-26(18-22(2)30(21)34-12)36(27-19-23(3)31(35-13)24(4)20-27)29-16-14-15-28(29)25(5)37(32(6,7)8)33(9,10)11/h14-20,25,28H,1-13H3/t25-,28?/m1/s1. The highest BCUT2D eigenvalue weighted by atomic mass is 31.1. The summed E-state index contributed by atoms with van der Waals surface area (Å²) in [6.45, 7) is 25.9. The second kappa shape index (κ2) is 11.2. The maximum Gasteiger partial charge on any atom is 0.124 e. The van der Waals surface area contributed by atoms with Gasteiger partial charge in [-0.15, -0.1) is 0 Å². The molecule has 0 saturated heterocycles. The number of rotatable bonds is 7. The van der Waals surface area contributed by atoms with Crippen molar-refractivity contribution in [3.8, 4) is 11.5 Å². The fourth-order valence-electron chi connectivity index (χ4n) is 6.71. The lowest BCUT2D eigenvalue weighted by molar-refractivity contribution is 0.408. The summed E-state index contributed by atoms with van der Waals surface area (Å²) in [5, 5.41) is 4.92. The van der Waals surface area contributed by atoms with Crippen LogP contribution in [0.5, 0.6) is 11.5 Å². The van der Waals surface area contributed by atoms with E-state index in [0.29, 0.717) is 11.6 Å². The maximum absolute atomic E-state index is 5.74. The van der Waals surface area contributed by atoms with Gasteiger partial charge in [-0.25, -0.2) is 0 Å². The lowest BCUT2D eigenvalue weighted by atomic mass is 10.1. The van der Waals surface area contributed by atoms with Crippen molar-refractivity contribution < 1.29 is 9.47 Å². The van der Waals surface area contributed by atoms with Crippen LogP contribution in [0.2, 0.25) is 0 Å². The van der Waals surface area contributed by atoms with Gasteiger partial charge in [0.1, 0.15) is 11.5 Å². The van der Waals surface area contributed by atoms with Gasteiger partial charge in [-0.05, 0) is 114 Å². The highest BCUT2D eigenvalue weighted by molar-refractivity contribution is 7.77. The summed E-state index contributed by atoms with van der Waals surface area (Å²) in [7, 11) is 2.56. The average Bonchev–Trinajstić information content (AvgIpc) is 3.21. The molecule has 2 aromatic carbocycles. The molecule has 4 heteroatoms. The number of aryl methyl sites for hydroxylation is 4. The van der Waals surface area contributed by atoms with E-state index in [1.807, 2.05) is 0 Å². The molecule has 0 aromatic heterocycles. The zero-order valence-corrected chi connectivity index (χ0v) is 27.2. The number of methoxy groups -OCH3 is 2. The van der Waals surface area contributed by atoms with Gasteiger partial charge >= 0.3 is 0 Å². The third-order valence-corrected chi connectivity index (χ3v) is 13.9. The monoisotopic (exact) mass is 538 g/mol. The molecule has 2 aromatic rings. The zero-order chi connectivity index (χ0) is 27.9. The molecule has 0 amide bonds. The molecule has 0 N–H and O–H groups in total. The molecule has 0 radical (unpaired) electrons. The molecule has 202 valence electrons. The van der Waals surface area contributed by atoms with Crippen LogP contribution >= 0.6 is 15.8 Å². The van der Waals surface area contributed by atoms with Crippen molar-refractivity contribution in [2.24, 2.45) is 5.92 Å². The van der Waals surface area contributed by atoms with Crippen LogP contribution < -0.4 is 20.1 Å². The van der Waals surface area contributed by atoms with Crippen molar-refractivity contribution in [1.82, 2.24) is 0 Å². The molecule has 1 aliphatic carbocycles. The highest BCUT2D eigenvalue weighted by Crippen LogP contribution is 2.66. The summed E-state index contributed by atoms with van der Waals surface area (Å²) in [5.74, 6) is 2.42. The van der Waals surface area contributed by atoms with Crippen LogP contribution in [0.4, 0.5) is 0 Å². The quantitative estimate of drug-likeness (QED) is 0.328. The van der Waals surface area contributed by atoms with E-state index in [-0.39, 0.29) is 18.2 Å². The molecular weight excluding hydrogens is 490 g/mol. The Hall–Kier alpha value is -1.62. The lowest BCUT2D eigenvalue weighted by Gasteiger charge is -2.48. The van der Waals surface area contributed by atoms with Crippen LogP contribution in [0.15, 0.2) is 47.8 Å². The lowest BCUT2D eigenvalue weighted by Crippen LogP contribution is -2.34. The van der Waals surface area contributed by atoms with Crippen molar-refractivity contribution in [3.05, 3.63) is 70.1 Å². The molecule has 37 heavy (non-hydrogen) atoms. The Morgan fingerprint density at radius 3 is 1.41 bits per heavy atom. The predicted octanol–water partition coefficient (Wildman–Crippen LogP) is 8.91. The van der Waals surface area contributed by atoms with E-state index in [2.05, 4.69) is 119 Å². The first-order chi connectivity index (χ1) is 17.1. The first kappa shape index (κ1) is 29.9. The summed E-state index contributed by atoms with van der Waals surface area (Å²) in [4.78, 5) is 0. The van der Waals surface area contributed by atoms with Crippen molar-refractivity contribution in [2.45, 2.75) is 92.1 Å². The topological polar surface area (TPSA) is 18.5 Å². The Labute approximate surface area is 229 Å². The summed E-state index contributed by atoms with van der Waals surface area (Å²) >= 11 is 0. The van der Waals surface area contributed by atoms with Gasteiger partial charge in [-0.2, -0.15) is 0 Å². The molecule has 2 atom stereocenters. The van der Waals surface area contributed by atoms with Crippen LogP contribution in [0.1, 0.15) is 70.7 Å². The van der Waals surface area contributed by atoms with E-state index in [4.69, 9.17) is 9.47 Å². The second-order valence-electron chi connectivity index (χ2n) is 12.5. The van der Waals surface area contributed by atoms with Gasteiger partial charge in [-0.1, -0.05) is 74.6 Å². The minimum absolute atomic E-state index is 0.266. The minimum atomic E-state index is -0.722. The van der Waals surface area contributed by atoms with Crippen LogP contribution in [0, 0.1) is 33.6 Å². The Balaban J connectivity index is 2.23. The summed E-state index contributed by atoms with van der Waals surface area (Å²) in [6, 6.07) is 9.46. The third kappa shape index (κ3) is 6.18. The largest absolute Gasteiger partial charge is 0.496 e. The molecule has 0 aliphatic heterocycles. The molecule has 3 rings (SSSR count). The van der Waals surface area contributed by atoms with E-state index >= 15 is 0 Å². The molecule has 2 nitrogen and oxygen atoms in total. The summed E-state index contributed by atoms with van der Waals surface area (Å²) in [6.07, 6.45) is 7.22. The van der Waals surface area contributed by atoms with Gasteiger partial charge in [-0.3, -0.25) is 0 Å². The van der Waals surface area contributed by atoms with E-state index in [1.54, 1.807) is 19.5 Å². The van der Waals surface area contributed by atoms with Gasteiger partial charge < -0.3 is 9.47 Å². The van der Waals surface area contributed by atoms with Crippen LogP contribution in [-0.4, -0.2) is 30.2 Å². The first-order valence-corrected chi connectivity index (χ1v) is 16.2.